The summed E-state index contributed by atoms with van der Waals surface area (Å²) in [6, 6.07) is 0. The summed E-state index contributed by atoms with van der Waals surface area (Å²) in [6.07, 6.45) is 0. The lowest BCUT2D eigenvalue weighted by molar-refractivity contribution is 0.277. The van der Waals surface area contributed by atoms with E-state index < -0.39 is 0 Å². The van der Waals surface area contributed by atoms with Crippen LogP contribution in [0.3, 0.4) is 0 Å². The molecule has 11 heavy (non-hydrogen) atoms. The Kier molecular flexibility index (Phi) is 30700. The molecule has 0 heterocycles. The molecule has 84 valence electrons. The second-order valence-corrected chi connectivity index (χ2v) is 0.408. The molecule has 0 unspecified atom stereocenters. The molecule has 0 saturated carbocycles. The molecule has 0 bridgehead atoms. The first-order chi connectivity index (χ1) is 1.41. The molecule has 0 saturated heterocycles. The highest BCUT2D eigenvalue weighted by molar-refractivity contribution is 3.56. The van der Waals surface area contributed by atoms with Gasteiger partial charge < -0.3 is 21.2 Å². The van der Waals surface area contributed by atoms with Crippen LogP contribution in [0, 0.1) is 0 Å². The molecule has 0 aromatic rings. The topological polar surface area (TPSA) is 104 Å². The Balaban J connectivity index is -0.000000000714. The molecule has 4 nitrogen and oxygen atoms in total. The minimum absolute atomic E-state index is 0. The summed E-state index contributed by atoms with van der Waals surface area (Å²) in [5.41, 5.74) is 0. The van der Waals surface area contributed by atoms with Crippen LogP contribution in [0.4, 0.5) is 0 Å². The highest BCUT2D eigenvalue weighted by Gasteiger charge is 1.25. The Morgan fingerprint density at radius 3 is 0.545 bits per heavy atom. The number of hydrogen-bond acceptors (Lipinski definition) is 1. The second-order valence-electron chi connectivity index (χ2n) is 0.408. The Bertz CT molecular complexity index is 10.4. The lowest BCUT2D eigenvalue weighted by Crippen LogP contribution is -1.55. The van der Waals surface area contributed by atoms with Crippen molar-refractivity contribution in [1.29, 1.82) is 0 Å². The van der Waals surface area contributed by atoms with Gasteiger partial charge in [-0.1, -0.05) is 37.1 Å². The third-order valence-electron chi connectivity index (χ3n) is 0. The van der Waals surface area contributed by atoms with Gasteiger partial charge in [0.25, 0.3) is 0 Å². The summed E-state index contributed by atoms with van der Waals surface area (Å²) in [4.78, 5) is 0. The van der Waals surface area contributed by atoms with Gasteiger partial charge >= 0.3 is 0 Å². The van der Waals surface area contributed by atoms with Crippen LogP contribution in [0.15, 0.2) is 0 Å². The third-order valence-corrected chi connectivity index (χ3v) is 0. The average molecular weight is 180 g/mol. The number of hydrogen-bond donors (Lipinski definition) is 0. The van der Waals surface area contributed by atoms with E-state index >= 15 is 0 Å². The first-order valence-electron chi connectivity index (χ1n) is 0.816. The zero-order chi connectivity index (χ0) is 2.71. The van der Waals surface area contributed by atoms with Crippen molar-refractivity contribution >= 4 is 0 Å². The summed E-state index contributed by atoms with van der Waals surface area (Å²) >= 11 is 0. The van der Waals surface area contributed by atoms with Crippen LogP contribution >= 0.6 is 0 Å². The minimum Gasteiger partial charge on any atom is -0.412 e. The van der Waals surface area contributed by atoms with Crippen molar-refractivity contribution in [3.63, 3.8) is 0 Å². The maximum atomic E-state index is 4.25. The largest absolute Gasteiger partial charge is 0.412 e. The molecule has 0 aliphatic carbocycles. The van der Waals surface area contributed by atoms with Gasteiger partial charge in [-0.05, 0) is 0 Å². The monoisotopic (exact) mass is 180 g/mol. The van der Waals surface area contributed by atoms with Crippen LogP contribution in [-0.2, 0) is 4.74 Å². The fourth-order valence-electron chi connectivity index (χ4n) is 0. The molecule has 0 radical (unpaired) electrons. The van der Waals surface area contributed by atoms with Crippen molar-refractivity contribution in [3.8, 4) is 0 Å². The standard InChI is InChI=1S/C2H6O.5CH4.3H2O/c1-3-2;;;;;;;;/h1-2H3;5*1H4;3*1H2. The second kappa shape index (κ2) is 1090. The molecule has 6 N–H and O–H groups in total. The van der Waals surface area contributed by atoms with Crippen molar-refractivity contribution < 1.29 is 21.2 Å². The molecule has 4 heteroatoms. The first-order valence-corrected chi connectivity index (χ1v) is 0.816. The molecule has 0 spiro atoms. The highest BCUT2D eigenvalue weighted by atomic mass is 16.4. The van der Waals surface area contributed by atoms with Gasteiger partial charge in [0.15, 0.2) is 0 Å². The van der Waals surface area contributed by atoms with E-state index in [1.165, 1.54) is 0 Å². The van der Waals surface area contributed by atoms with Crippen molar-refractivity contribution in [2.45, 2.75) is 37.1 Å². The lowest BCUT2D eigenvalue weighted by atomic mass is 11.6. The van der Waals surface area contributed by atoms with E-state index in [4.69, 9.17) is 0 Å². The van der Waals surface area contributed by atoms with Gasteiger partial charge in [0.05, 0.1) is 0 Å². The lowest BCUT2D eigenvalue weighted by Gasteiger charge is -1.61. The van der Waals surface area contributed by atoms with Crippen LogP contribution in [0.5, 0.6) is 0 Å². The number of methoxy groups -OCH3 is 1. The van der Waals surface area contributed by atoms with Gasteiger partial charge in [-0.3, -0.25) is 0 Å². The Morgan fingerprint density at radius 1 is 0.545 bits per heavy atom. The van der Waals surface area contributed by atoms with Crippen molar-refractivity contribution in [1.82, 2.24) is 0 Å². The Morgan fingerprint density at radius 2 is 0.545 bits per heavy atom. The number of rotatable bonds is 0. The predicted octanol–water partition coefficient (Wildman–Crippen LogP) is 0.969. The van der Waals surface area contributed by atoms with Gasteiger partial charge in [-0.25, -0.2) is 0 Å². The zero-order valence-electron chi connectivity index (χ0n) is 3.91. The van der Waals surface area contributed by atoms with E-state index in [1.54, 1.807) is 14.2 Å². The van der Waals surface area contributed by atoms with E-state index in [2.05, 4.69) is 4.74 Å². The summed E-state index contributed by atoms with van der Waals surface area (Å²) in [5.74, 6) is 0. The molecule has 0 atom stereocenters. The average Bonchev–Trinajstić information content (AvgIpc) is 0.918. The minimum atomic E-state index is 0. The van der Waals surface area contributed by atoms with E-state index in [0.717, 1.165) is 0 Å². The maximum Gasteiger partial charge on any atom is 0.0351 e. The van der Waals surface area contributed by atoms with E-state index in [0.29, 0.717) is 0 Å². The molecule has 0 amide bonds. The summed E-state index contributed by atoms with van der Waals surface area (Å²) < 4.78 is 4.25. The molecular weight excluding hydrogens is 148 g/mol. The van der Waals surface area contributed by atoms with Crippen LogP contribution < -0.4 is 0 Å². The van der Waals surface area contributed by atoms with Gasteiger partial charge in [-0.15, -0.1) is 0 Å². The van der Waals surface area contributed by atoms with Gasteiger partial charge in [0.2, 0.25) is 0 Å². The Labute approximate surface area is 73.5 Å². The maximum absolute atomic E-state index is 4.25. The molecule has 0 fully saturated rings. The molecule has 0 rings (SSSR count). The smallest absolute Gasteiger partial charge is 0.0351 e. The van der Waals surface area contributed by atoms with Gasteiger partial charge in [0.1, 0.15) is 0 Å². The third kappa shape index (κ3) is 23600. The van der Waals surface area contributed by atoms with Crippen LogP contribution in [0.1, 0.15) is 37.1 Å². The van der Waals surface area contributed by atoms with Crippen LogP contribution in [0.2, 0.25) is 0 Å². The molecular formula is C7H32O4. The van der Waals surface area contributed by atoms with Crippen molar-refractivity contribution in [3.05, 3.63) is 0 Å². The SMILES string of the molecule is C.C.C.C.C.COC.O.O.O. The van der Waals surface area contributed by atoms with Crippen molar-refractivity contribution in [2.75, 3.05) is 14.2 Å². The quantitative estimate of drug-likeness (QED) is 0.544. The molecule has 0 aromatic carbocycles. The molecule has 0 aliphatic rings. The van der Waals surface area contributed by atoms with Crippen LogP contribution in [-0.4, -0.2) is 30.6 Å². The Hall–Kier alpha value is -0.160. The van der Waals surface area contributed by atoms with E-state index in [-0.39, 0.29) is 53.6 Å². The fourth-order valence-corrected chi connectivity index (χ4v) is 0. The normalized spacial score (nSPS) is 1.64. The predicted molar refractivity (Wildman–Crippen MR) is 57.4 cm³/mol. The van der Waals surface area contributed by atoms with Gasteiger partial charge in [-0.2, -0.15) is 0 Å². The fraction of sp³-hybridized carbons (Fsp3) is 1.00. The van der Waals surface area contributed by atoms with Gasteiger partial charge in [0, 0.05) is 14.2 Å². The summed E-state index contributed by atoms with van der Waals surface area (Å²) in [7, 11) is 3.25. The molecule has 0 aromatic heterocycles. The number of ether oxygens (including phenoxy) is 1. The highest BCUT2D eigenvalue weighted by Crippen LogP contribution is 1.28. The van der Waals surface area contributed by atoms with E-state index in [1.807, 2.05) is 0 Å². The van der Waals surface area contributed by atoms with Crippen LogP contribution in [0.25, 0.3) is 0 Å². The van der Waals surface area contributed by atoms with Crippen molar-refractivity contribution in [2.24, 2.45) is 0 Å². The molecule has 0 aliphatic heterocycles. The summed E-state index contributed by atoms with van der Waals surface area (Å²) in [5, 5.41) is 0. The zero-order valence-corrected chi connectivity index (χ0v) is 3.91. The summed E-state index contributed by atoms with van der Waals surface area (Å²) in [6.45, 7) is 0. The first kappa shape index (κ1) is 310. The van der Waals surface area contributed by atoms with E-state index in [9.17, 15) is 0 Å².